The topological polar surface area (TPSA) is 65.9 Å². The summed E-state index contributed by atoms with van der Waals surface area (Å²) >= 11 is 0. The molecule has 2 aromatic carbocycles. The monoisotopic (exact) mass is 357 g/mol. The molecule has 0 heterocycles. The number of aliphatic hydroxyl groups excluding tert-OH is 1. The molecule has 6 heteroatoms. The molecule has 5 nitrogen and oxygen atoms in total. The van der Waals surface area contributed by atoms with Crippen LogP contribution < -0.4 is 15.4 Å². The Morgan fingerprint density at radius 3 is 2.69 bits per heavy atom. The van der Waals surface area contributed by atoms with E-state index >= 15 is 0 Å². The van der Waals surface area contributed by atoms with E-state index in [1.54, 1.807) is 25.3 Å². The van der Waals surface area contributed by atoms with Crippen molar-refractivity contribution in [1.29, 1.82) is 0 Å². The van der Waals surface area contributed by atoms with E-state index in [0.717, 1.165) is 16.9 Å². The molecule has 0 bridgehead atoms. The van der Waals surface area contributed by atoms with Crippen LogP contribution in [0.5, 0.6) is 5.75 Å². The Balaban J connectivity index is 1.93. The number of hydrogen-bond donors (Lipinski definition) is 3. The van der Waals surface area contributed by atoms with E-state index in [1.165, 1.54) is 6.07 Å². The Morgan fingerprint density at radius 1 is 1.19 bits per heavy atom. The van der Waals surface area contributed by atoms with Crippen LogP contribution in [0.15, 0.2) is 60.1 Å². The lowest BCUT2D eigenvalue weighted by Crippen LogP contribution is -2.36. The Hall–Kier alpha value is -2.86. The third-order valence-electron chi connectivity index (χ3n) is 3.74. The molecule has 0 fully saturated rings. The zero-order chi connectivity index (χ0) is 18.8. The SMILES string of the molecule is C=CCOc1ccccc1CNC(=NC)NCc1ccc(F)c(CO)c1. The van der Waals surface area contributed by atoms with Crippen LogP contribution in [0.4, 0.5) is 4.39 Å². The lowest BCUT2D eigenvalue weighted by Gasteiger charge is -2.14. The number of para-hydroxylation sites is 1. The largest absolute Gasteiger partial charge is 0.489 e. The lowest BCUT2D eigenvalue weighted by molar-refractivity contribution is 0.275. The summed E-state index contributed by atoms with van der Waals surface area (Å²) in [6.45, 7) is 4.78. The predicted molar refractivity (Wildman–Crippen MR) is 101 cm³/mol. The van der Waals surface area contributed by atoms with E-state index in [0.29, 0.717) is 25.7 Å². The number of halogens is 1. The lowest BCUT2D eigenvalue weighted by atomic mass is 10.1. The van der Waals surface area contributed by atoms with Crippen molar-refractivity contribution in [2.24, 2.45) is 4.99 Å². The van der Waals surface area contributed by atoms with E-state index in [1.807, 2.05) is 24.3 Å². The van der Waals surface area contributed by atoms with Crippen molar-refractivity contribution in [1.82, 2.24) is 10.6 Å². The smallest absolute Gasteiger partial charge is 0.191 e. The van der Waals surface area contributed by atoms with Crippen LogP contribution in [0.2, 0.25) is 0 Å². The van der Waals surface area contributed by atoms with Gasteiger partial charge in [0.15, 0.2) is 5.96 Å². The molecule has 0 saturated heterocycles. The zero-order valence-electron chi connectivity index (χ0n) is 14.8. The van der Waals surface area contributed by atoms with Crippen LogP contribution in [-0.4, -0.2) is 24.7 Å². The number of nitrogens with zero attached hydrogens (tertiary/aromatic N) is 1. The van der Waals surface area contributed by atoms with Gasteiger partial charge in [0.2, 0.25) is 0 Å². The minimum atomic E-state index is -0.408. The fourth-order valence-electron chi connectivity index (χ4n) is 2.38. The van der Waals surface area contributed by atoms with Crippen molar-refractivity contribution in [3.63, 3.8) is 0 Å². The summed E-state index contributed by atoms with van der Waals surface area (Å²) in [7, 11) is 1.68. The maximum atomic E-state index is 13.4. The van der Waals surface area contributed by atoms with Crippen LogP contribution in [0.3, 0.4) is 0 Å². The van der Waals surface area contributed by atoms with E-state index in [9.17, 15) is 4.39 Å². The van der Waals surface area contributed by atoms with E-state index in [4.69, 9.17) is 9.84 Å². The summed E-state index contributed by atoms with van der Waals surface area (Å²) in [5.74, 6) is 0.995. The van der Waals surface area contributed by atoms with E-state index < -0.39 is 5.82 Å². The molecule has 0 aliphatic heterocycles. The first-order valence-electron chi connectivity index (χ1n) is 8.32. The average molecular weight is 357 g/mol. The van der Waals surface area contributed by atoms with Gasteiger partial charge in [-0.05, 0) is 23.8 Å². The number of ether oxygens (including phenoxy) is 1. The minimum Gasteiger partial charge on any atom is -0.489 e. The molecule has 0 radical (unpaired) electrons. The summed E-state index contributed by atoms with van der Waals surface area (Å²) in [4.78, 5) is 4.18. The molecule has 26 heavy (non-hydrogen) atoms. The predicted octanol–water partition coefficient (Wildman–Crippen LogP) is 2.75. The first-order valence-corrected chi connectivity index (χ1v) is 8.32. The number of aliphatic hydroxyl groups is 1. The highest BCUT2D eigenvalue weighted by Crippen LogP contribution is 2.17. The molecule has 0 spiro atoms. The van der Waals surface area contributed by atoms with Crippen LogP contribution >= 0.6 is 0 Å². The highest BCUT2D eigenvalue weighted by atomic mass is 19.1. The van der Waals surface area contributed by atoms with Crippen LogP contribution in [-0.2, 0) is 19.7 Å². The van der Waals surface area contributed by atoms with Crippen molar-refractivity contribution in [2.75, 3.05) is 13.7 Å². The Kier molecular flexibility index (Phi) is 7.64. The van der Waals surface area contributed by atoms with E-state index in [2.05, 4.69) is 22.2 Å². The molecule has 0 saturated carbocycles. The van der Waals surface area contributed by atoms with Crippen molar-refractivity contribution in [2.45, 2.75) is 19.7 Å². The Morgan fingerprint density at radius 2 is 1.96 bits per heavy atom. The van der Waals surface area contributed by atoms with Gasteiger partial charge in [-0.2, -0.15) is 0 Å². The van der Waals surface area contributed by atoms with Crippen LogP contribution in [0.25, 0.3) is 0 Å². The molecule has 3 N–H and O–H groups in total. The maximum absolute atomic E-state index is 13.4. The van der Waals surface area contributed by atoms with Gasteiger partial charge < -0.3 is 20.5 Å². The molecular weight excluding hydrogens is 333 g/mol. The normalized spacial score (nSPS) is 11.1. The van der Waals surface area contributed by atoms with Gasteiger partial charge in [-0.25, -0.2) is 4.39 Å². The van der Waals surface area contributed by atoms with Gasteiger partial charge in [-0.3, -0.25) is 4.99 Å². The second kappa shape index (κ2) is 10.2. The van der Waals surface area contributed by atoms with Gasteiger partial charge in [0.25, 0.3) is 0 Å². The summed E-state index contributed by atoms with van der Waals surface area (Å²) in [5, 5.41) is 15.5. The second-order valence-corrected chi connectivity index (χ2v) is 5.57. The molecule has 0 atom stereocenters. The highest BCUT2D eigenvalue weighted by molar-refractivity contribution is 5.79. The molecular formula is C20H24FN3O2. The molecule has 0 unspecified atom stereocenters. The molecule has 0 aromatic heterocycles. The molecule has 2 rings (SSSR count). The average Bonchev–Trinajstić information content (AvgIpc) is 2.68. The number of aliphatic imine (C=N–C) groups is 1. The third kappa shape index (κ3) is 5.60. The number of nitrogens with one attached hydrogen (secondary N) is 2. The maximum Gasteiger partial charge on any atom is 0.191 e. The molecule has 2 aromatic rings. The van der Waals surface area contributed by atoms with E-state index in [-0.39, 0.29) is 12.2 Å². The van der Waals surface area contributed by atoms with Crippen molar-refractivity contribution in [3.05, 3.63) is 77.6 Å². The van der Waals surface area contributed by atoms with Crippen molar-refractivity contribution in [3.8, 4) is 5.75 Å². The minimum absolute atomic E-state index is 0.278. The summed E-state index contributed by atoms with van der Waals surface area (Å²) < 4.78 is 19.1. The Bertz CT molecular complexity index is 762. The van der Waals surface area contributed by atoms with Gasteiger partial charge >= 0.3 is 0 Å². The summed E-state index contributed by atoms with van der Waals surface area (Å²) in [6.07, 6.45) is 1.70. The number of benzene rings is 2. The molecule has 0 aliphatic carbocycles. The zero-order valence-corrected chi connectivity index (χ0v) is 14.8. The molecule has 138 valence electrons. The Labute approximate surface area is 153 Å². The van der Waals surface area contributed by atoms with Crippen LogP contribution in [0, 0.1) is 5.82 Å². The van der Waals surface area contributed by atoms with Gasteiger partial charge in [-0.1, -0.05) is 36.9 Å². The van der Waals surface area contributed by atoms with Gasteiger partial charge in [0.05, 0.1) is 6.61 Å². The first kappa shape index (κ1) is 19.5. The van der Waals surface area contributed by atoms with Gasteiger partial charge in [0.1, 0.15) is 18.2 Å². The molecule has 0 amide bonds. The summed E-state index contributed by atoms with van der Waals surface area (Å²) in [6, 6.07) is 12.4. The van der Waals surface area contributed by atoms with Gasteiger partial charge in [0, 0.05) is 31.3 Å². The fourth-order valence-corrected chi connectivity index (χ4v) is 2.38. The number of hydrogen-bond acceptors (Lipinski definition) is 3. The second-order valence-electron chi connectivity index (χ2n) is 5.57. The van der Waals surface area contributed by atoms with Crippen molar-refractivity contribution >= 4 is 5.96 Å². The first-order chi connectivity index (χ1) is 12.7. The molecule has 0 aliphatic rings. The fraction of sp³-hybridized carbons (Fsp3) is 0.250. The number of rotatable bonds is 8. The summed E-state index contributed by atoms with van der Waals surface area (Å²) in [5.41, 5.74) is 2.13. The van der Waals surface area contributed by atoms with Crippen LogP contribution in [0.1, 0.15) is 16.7 Å². The standard InChI is InChI=1S/C20H24FN3O2/c1-3-10-26-19-7-5-4-6-16(19)13-24-20(22-2)23-12-15-8-9-18(21)17(11-15)14-25/h3-9,11,25H,1,10,12-14H2,2H3,(H2,22,23,24). The quantitative estimate of drug-likeness (QED) is 0.386. The number of guanidine groups is 1. The third-order valence-corrected chi connectivity index (χ3v) is 3.74. The highest BCUT2D eigenvalue weighted by Gasteiger charge is 2.06. The van der Waals surface area contributed by atoms with Gasteiger partial charge in [-0.15, -0.1) is 0 Å². The van der Waals surface area contributed by atoms with Crippen molar-refractivity contribution < 1.29 is 14.2 Å².